The number of hydrogen-bond donors (Lipinski definition) is 0. The molecule has 0 aliphatic carbocycles. The first kappa shape index (κ1) is 17.4. The number of carbonyl (C=O) groups excluding carboxylic acids is 1. The second kappa shape index (κ2) is 8.12. The van der Waals surface area contributed by atoms with E-state index in [4.69, 9.17) is 14.2 Å². The van der Waals surface area contributed by atoms with Crippen molar-refractivity contribution >= 4 is 5.97 Å². The molecule has 0 saturated carbocycles. The number of pyridine rings is 1. The molecule has 1 aromatic carbocycles. The minimum Gasteiger partial charge on any atom is -0.487 e. The second-order valence-corrected chi connectivity index (χ2v) is 6.10. The van der Waals surface area contributed by atoms with Crippen LogP contribution in [0.5, 0.6) is 5.75 Å². The van der Waals surface area contributed by atoms with Gasteiger partial charge in [0.1, 0.15) is 12.4 Å². The highest BCUT2D eigenvalue weighted by Gasteiger charge is 2.44. The number of nitrogens with zero attached hydrogens (tertiary/aromatic N) is 1. The summed E-state index contributed by atoms with van der Waals surface area (Å²) in [5, 5.41) is 0. The van der Waals surface area contributed by atoms with Crippen LogP contribution in [0.3, 0.4) is 0 Å². The minimum absolute atomic E-state index is 0.293. The Balaban J connectivity index is 1.62. The molecule has 132 valence electrons. The van der Waals surface area contributed by atoms with Crippen molar-refractivity contribution in [1.82, 2.24) is 4.98 Å². The lowest BCUT2D eigenvalue weighted by molar-refractivity contribution is -0.166. The predicted molar refractivity (Wildman–Crippen MR) is 93.3 cm³/mol. The Morgan fingerprint density at radius 3 is 2.72 bits per heavy atom. The van der Waals surface area contributed by atoms with Crippen LogP contribution in [-0.2, 0) is 27.3 Å². The van der Waals surface area contributed by atoms with Crippen molar-refractivity contribution in [3.63, 3.8) is 0 Å². The molecule has 1 fully saturated rings. The molecule has 1 aliphatic rings. The van der Waals surface area contributed by atoms with Gasteiger partial charge in [-0.2, -0.15) is 0 Å². The van der Waals surface area contributed by atoms with Crippen LogP contribution < -0.4 is 4.74 Å². The van der Waals surface area contributed by atoms with E-state index in [-0.39, 0.29) is 5.97 Å². The Bertz CT molecular complexity index is 679. The van der Waals surface area contributed by atoms with Crippen LogP contribution in [-0.4, -0.2) is 29.8 Å². The molecule has 1 aliphatic heterocycles. The second-order valence-electron chi connectivity index (χ2n) is 6.10. The van der Waals surface area contributed by atoms with Crippen LogP contribution in [0.2, 0.25) is 0 Å². The van der Waals surface area contributed by atoms with E-state index in [0.717, 1.165) is 17.7 Å². The number of ether oxygens (including phenoxy) is 3. The van der Waals surface area contributed by atoms with Gasteiger partial charge in [0.25, 0.3) is 0 Å². The Morgan fingerprint density at radius 1 is 1.24 bits per heavy atom. The summed E-state index contributed by atoms with van der Waals surface area (Å²) in [5.41, 5.74) is 1.00. The van der Waals surface area contributed by atoms with E-state index in [9.17, 15) is 4.79 Å². The summed E-state index contributed by atoms with van der Waals surface area (Å²) in [4.78, 5) is 16.7. The fraction of sp³-hybridized carbons (Fsp3) is 0.400. The SMILES string of the molecule is CCOC(=O)C1(Cc2ccc(OCc3ccccc3)cn2)CCCO1. The maximum atomic E-state index is 12.3. The van der Waals surface area contributed by atoms with Gasteiger partial charge >= 0.3 is 5.97 Å². The predicted octanol–water partition coefficient (Wildman–Crippen LogP) is 3.32. The lowest BCUT2D eigenvalue weighted by atomic mass is 9.94. The third kappa shape index (κ3) is 4.37. The van der Waals surface area contributed by atoms with Crippen molar-refractivity contribution in [2.24, 2.45) is 0 Å². The normalized spacial score (nSPS) is 19.6. The van der Waals surface area contributed by atoms with Crippen LogP contribution in [0.15, 0.2) is 48.7 Å². The highest BCUT2D eigenvalue weighted by molar-refractivity contribution is 5.80. The zero-order valence-electron chi connectivity index (χ0n) is 14.4. The van der Waals surface area contributed by atoms with Crippen molar-refractivity contribution in [3.05, 3.63) is 59.9 Å². The Morgan fingerprint density at radius 2 is 2.08 bits per heavy atom. The molecule has 25 heavy (non-hydrogen) atoms. The van der Waals surface area contributed by atoms with Gasteiger partial charge in [-0.15, -0.1) is 0 Å². The van der Waals surface area contributed by atoms with E-state index in [2.05, 4.69) is 4.98 Å². The first-order chi connectivity index (χ1) is 12.2. The van der Waals surface area contributed by atoms with Crippen LogP contribution in [0, 0.1) is 0 Å². The van der Waals surface area contributed by atoms with Gasteiger partial charge in [0.05, 0.1) is 12.8 Å². The minimum atomic E-state index is -0.893. The van der Waals surface area contributed by atoms with Gasteiger partial charge in [-0.1, -0.05) is 30.3 Å². The molecule has 0 spiro atoms. The summed E-state index contributed by atoms with van der Waals surface area (Å²) >= 11 is 0. The van der Waals surface area contributed by atoms with E-state index < -0.39 is 5.60 Å². The largest absolute Gasteiger partial charge is 0.487 e. The van der Waals surface area contributed by atoms with E-state index >= 15 is 0 Å². The quantitative estimate of drug-likeness (QED) is 0.723. The van der Waals surface area contributed by atoms with Gasteiger partial charge in [-0.3, -0.25) is 4.98 Å². The lowest BCUT2D eigenvalue weighted by Gasteiger charge is -2.25. The number of benzene rings is 1. The third-order valence-corrected chi connectivity index (χ3v) is 4.26. The topological polar surface area (TPSA) is 57.7 Å². The Hall–Kier alpha value is -2.40. The molecule has 0 radical (unpaired) electrons. The molecule has 2 aromatic rings. The first-order valence-corrected chi connectivity index (χ1v) is 8.65. The van der Waals surface area contributed by atoms with Crippen molar-refractivity contribution in [3.8, 4) is 5.75 Å². The van der Waals surface area contributed by atoms with Crippen molar-refractivity contribution in [2.75, 3.05) is 13.2 Å². The van der Waals surface area contributed by atoms with Gasteiger partial charge in [-0.05, 0) is 37.5 Å². The summed E-state index contributed by atoms with van der Waals surface area (Å²) in [5.74, 6) is 0.406. The molecule has 5 nitrogen and oxygen atoms in total. The van der Waals surface area contributed by atoms with Crippen LogP contribution in [0.25, 0.3) is 0 Å². The van der Waals surface area contributed by atoms with Crippen molar-refractivity contribution in [1.29, 1.82) is 0 Å². The average molecular weight is 341 g/mol. The lowest BCUT2D eigenvalue weighted by Crippen LogP contribution is -2.42. The summed E-state index contributed by atoms with van der Waals surface area (Å²) in [6.45, 7) is 3.23. The van der Waals surface area contributed by atoms with Gasteiger partial charge in [-0.25, -0.2) is 4.79 Å². The zero-order valence-corrected chi connectivity index (χ0v) is 14.4. The van der Waals surface area contributed by atoms with Crippen LogP contribution >= 0.6 is 0 Å². The van der Waals surface area contributed by atoms with E-state index in [1.54, 1.807) is 13.1 Å². The number of hydrogen-bond acceptors (Lipinski definition) is 5. The highest BCUT2D eigenvalue weighted by Crippen LogP contribution is 2.31. The van der Waals surface area contributed by atoms with E-state index in [0.29, 0.717) is 38.4 Å². The highest BCUT2D eigenvalue weighted by atomic mass is 16.6. The molecule has 1 saturated heterocycles. The third-order valence-electron chi connectivity index (χ3n) is 4.26. The zero-order chi connectivity index (χ0) is 17.5. The number of esters is 1. The molecule has 2 heterocycles. The molecule has 0 amide bonds. The molecule has 5 heteroatoms. The van der Waals surface area contributed by atoms with Gasteiger partial charge in [0.2, 0.25) is 0 Å². The Labute approximate surface area is 147 Å². The summed E-state index contributed by atoms with van der Waals surface area (Å²) in [6, 6.07) is 13.7. The molecule has 1 aromatic heterocycles. The number of aromatic nitrogens is 1. The van der Waals surface area contributed by atoms with E-state index in [1.165, 1.54) is 0 Å². The molecule has 1 atom stereocenters. The summed E-state index contributed by atoms with van der Waals surface area (Å²) in [6.07, 6.45) is 3.63. The van der Waals surface area contributed by atoms with Crippen LogP contribution in [0.4, 0.5) is 0 Å². The van der Waals surface area contributed by atoms with Gasteiger partial charge in [0.15, 0.2) is 5.60 Å². The number of carbonyl (C=O) groups is 1. The fourth-order valence-electron chi connectivity index (χ4n) is 2.97. The summed E-state index contributed by atoms with van der Waals surface area (Å²) < 4.78 is 16.7. The molecule has 0 bridgehead atoms. The molecular formula is C20H23NO4. The maximum Gasteiger partial charge on any atom is 0.338 e. The van der Waals surface area contributed by atoms with Crippen molar-refractivity contribution < 1.29 is 19.0 Å². The smallest absolute Gasteiger partial charge is 0.338 e. The van der Waals surface area contributed by atoms with E-state index in [1.807, 2.05) is 42.5 Å². The average Bonchev–Trinajstić information content (AvgIpc) is 3.12. The Kier molecular flexibility index (Phi) is 5.66. The molecule has 1 unspecified atom stereocenters. The number of rotatable bonds is 7. The fourth-order valence-corrected chi connectivity index (χ4v) is 2.97. The van der Waals surface area contributed by atoms with Crippen molar-refractivity contribution in [2.45, 2.75) is 38.4 Å². The van der Waals surface area contributed by atoms with Crippen LogP contribution in [0.1, 0.15) is 31.0 Å². The van der Waals surface area contributed by atoms with Gasteiger partial charge in [0, 0.05) is 18.7 Å². The standard InChI is InChI=1S/C20H23NO4/c1-2-23-19(22)20(11-6-12-25-20)13-17-9-10-18(14-21-17)24-15-16-7-4-3-5-8-16/h3-5,7-10,14H,2,6,11-13,15H2,1H3. The first-order valence-electron chi connectivity index (χ1n) is 8.65. The van der Waals surface area contributed by atoms with Gasteiger partial charge < -0.3 is 14.2 Å². The maximum absolute atomic E-state index is 12.3. The molecule has 3 rings (SSSR count). The monoisotopic (exact) mass is 341 g/mol. The summed E-state index contributed by atoms with van der Waals surface area (Å²) in [7, 11) is 0. The molecular weight excluding hydrogens is 318 g/mol. The molecule has 0 N–H and O–H groups in total.